The van der Waals surface area contributed by atoms with Crippen LogP contribution in [0.3, 0.4) is 0 Å². The lowest BCUT2D eigenvalue weighted by Crippen LogP contribution is -2.32. The molecule has 184 valence electrons. The number of nitrogens with zero attached hydrogens (tertiary/aromatic N) is 5. The van der Waals surface area contributed by atoms with Crippen LogP contribution in [0.15, 0.2) is 47.3 Å². The molecule has 0 spiro atoms. The summed E-state index contributed by atoms with van der Waals surface area (Å²) in [5, 5.41) is 13.6. The number of hydrogen-bond donors (Lipinski definition) is 1. The van der Waals surface area contributed by atoms with Crippen LogP contribution in [0.2, 0.25) is 0 Å². The Bertz CT molecular complexity index is 1340. The molecule has 4 aromatic rings. The van der Waals surface area contributed by atoms with E-state index in [1.54, 1.807) is 11.8 Å². The molecule has 0 aliphatic rings. The van der Waals surface area contributed by atoms with Gasteiger partial charge in [-0.2, -0.15) is 0 Å². The van der Waals surface area contributed by atoms with Gasteiger partial charge in [-0.15, -0.1) is 5.10 Å². The average Bonchev–Trinajstić information content (AvgIpc) is 3.31. The number of nitrogens with one attached hydrogen (secondary N) is 1. The molecule has 35 heavy (non-hydrogen) atoms. The van der Waals surface area contributed by atoms with E-state index in [0.29, 0.717) is 26.2 Å². The first kappa shape index (κ1) is 24.8. The minimum Gasteiger partial charge on any atom is -0.383 e. The minimum atomic E-state index is -0.0723. The topological polar surface area (TPSA) is 88.9 Å². The quantitative estimate of drug-likeness (QED) is 0.370. The van der Waals surface area contributed by atoms with E-state index in [1.165, 1.54) is 11.1 Å². The first-order chi connectivity index (χ1) is 16.9. The van der Waals surface area contributed by atoms with Gasteiger partial charge >= 0.3 is 0 Å². The predicted octanol–water partition coefficient (Wildman–Crippen LogP) is 4.24. The highest BCUT2D eigenvalue weighted by molar-refractivity contribution is 5.85. The Labute approximate surface area is 205 Å². The van der Waals surface area contributed by atoms with E-state index in [0.717, 1.165) is 39.8 Å². The standard InChI is InChI=1S/C27H34N6O2/c1-6-24(26-29-30-31-33(26)13-14-35-5)32(16-21-11-7-18(2)8-12-21)17-22-15-23-19(3)9-10-20(4)25(23)28-27(22)34/h7-12,15,24H,6,13-14,16-17H2,1-5H3,(H,28,34)/t24-/m1/s1. The molecule has 0 bridgehead atoms. The van der Waals surface area contributed by atoms with Gasteiger partial charge in [0.05, 0.1) is 24.7 Å². The van der Waals surface area contributed by atoms with Crippen LogP contribution in [-0.4, -0.2) is 43.8 Å². The highest BCUT2D eigenvalue weighted by Crippen LogP contribution is 2.27. The molecule has 0 radical (unpaired) electrons. The lowest BCUT2D eigenvalue weighted by atomic mass is 10.0. The number of aromatic nitrogens is 5. The summed E-state index contributed by atoms with van der Waals surface area (Å²) in [6.07, 6.45) is 0.794. The van der Waals surface area contributed by atoms with E-state index < -0.39 is 0 Å². The Balaban J connectivity index is 1.75. The largest absolute Gasteiger partial charge is 0.383 e. The Morgan fingerprint density at radius 1 is 1.06 bits per heavy atom. The molecule has 0 amide bonds. The van der Waals surface area contributed by atoms with Crippen LogP contribution in [0.4, 0.5) is 0 Å². The molecule has 0 saturated heterocycles. The third kappa shape index (κ3) is 5.49. The van der Waals surface area contributed by atoms with Gasteiger partial charge < -0.3 is 9.72 Å². The number of ether oxygens (including phenoxy) is 1. The van der Waals surface area contributed by atoms with E-state index in [9.17, 15) is 4.79 Å². The number of H-pyrrole nitrogens is 1. The molecule has 0 unspecified atom stereocenters. The fourth-order valence-corrected chi connectivity index (χ4v) is 4.55. The van der Waals surface area contributed by atoms with Crippen molar-refractivity contribution in [3.8, 4) is 0 Å². The molecular weight excluding hydrogens is 440 g/mol. The number of aryl methyl sites for hydroxylation is 3. The Morgan fingerprint density at radius 2 is 1.80 bits per heavy atom. The van der Waals surface area contributed by atoms with Gasteiger partial charge in [0.25, 0.3) is 5.56 Å². The zero-order valence-electron chi connectivity index (χ0n) is 21.2. The molecular formula is C27H34N6O2. The molecule has 2 aromatic carbocycles. The summed E-state index contributed by atoms with van der Waals surface area (Å²) in [6, 6.07) is 14.6. The number of rotatable bonds is 10. The van der Waals surface area contributed by atoms with Crippen LogP contribution >= 0.6 is 0 Å². The maximum atomic E-state index is 13.2. The van der Waals surface area contributed by atoms with Crippen molar-refractivity contribution in [1.29, 1.82) is 0 Å². The van der Waals surface area contributed by atoms with Crippen LogP contribution in [0.25, 0.3) is 10.9 Å². The number of pyridine rings is 1. The molecule has 4 rings (SSSR count). The highest BCUT2D eigenvalue weighted by atomic mass is 16.5. The van der Waals surface area contributed by atoms with Crippen LogP contribution in [-0.2, 0) is 24.4 Å². The van der Waals surface area contributed by atoms with Crippen molar-refractivity contribution < 1.29 is 4.74 Å². The van der Waals surface area contributed by atoms with Crippen molar-refractivity contribution >= 4 is 10.9 Å². The van der Waals surface area contributed by atoms with Crippen molar-refractivity contribution in [2.45, 2.75) is 59.8 Å². The fraction of sp³-hybridized carbons (Fsp3) is 0.407. The van der Waals surface area contributed by atoms with E-state index in [2.05, 4.69) is 76.5 Å². The van der Waals surface area contributed by atoms with Gasteiger partial charge in [0, 0.05) is 31.1 Å². The van der Waals surface area contributed by atoms with Crippen molar-refractivity contribution in [1.82, 2.24) is 30.1 Å². The summed E-state index contributed by atoms with van der Waals surface area (Å²) in [6.45, 7) is 10.5. The molecule has 0 aliphatic carbocycles. The number of tetrazole rings is 1. The number of hydrogen-bond acceptors (Lipinski definition) is 6. The normalized spacial score (nSPS) is 12.5. The molecule has 0 aliphatic heterocycles. The first-order valence-corrected chi connectivity index (χ1v) is 12.1. The van der Waals surface area contributed by atoms with E-state index >= 15 is 0 Å². The van der Waals surface area contributed by atoms with Gasteiger partial charge in [0.1, 0.15) is 0 Å². The van der Waals surface area contributed by atoms with Gasteiger partial charge in [0.15, 0.2) is 5.82 Å². The SMILES string of the molecule is CC[C@H](c1nnnn1CCOC)N(Cc1ccc(C)cc1)Cc1cc2c(C)ccc(C)c2[nH]c1=O. The summed E-state index contributed by atoms with van der Waals surface area (Å²) >= 11 is 0. The van der Waals surface area contributed by atoms with Crippen LogP contribution in [0, 0.1) is 20.8 Å². The molecule has 8 nitrogen and oxygen atoms in total. The summed E-state index contributed by atoms with van der Waals surface area (Å²) in [5.41, 5.74) is 6.17. The molecule has 2 aromatic heterocycles. The zero-order valence-corrected chi connectivity index (χ0v) is 21.2. The Hall–Kier alpha value is -3.36. The number of fused-ring (bicyclic) bond motifs is 1. The maximum absolute atomic E-state index is 13.2. The van der Waals surface area contributed by atoms with Gasteiger partial charge in [-0.25, -0.2) is 4.68 Å². The molecule has 0 saturated carbocycles. The first-order valence-electron chi connectivity index (χ1n) is 12.1. The third-order valence-corrected chi connectivity index (χ3v) is 6.59. The predicted molar refractivity (Wildman–Crippen MR) is 137 cm³/mol. The van der Waals surface area contributed by atoms with Crippen LogP contribution in [0.1, 0.15) is 53.0 Å². The van der Waals surface area contributed by atoms with Crippen molar-refractivity contribution in [3.63, 3.8) is 0 Å². The summed E-state index contributed by atoms with van der Waals surface area (Å²) in [5.74, 6) is 0.779. The van der Waals surface area contributed by atoms with Gasteiger partial charge in [-0.1, -0.05) is 48.9 Å². The summed E-state index contributed by atoms with van der Waals surface area (Å²) in [7, 11) is 1.67. The highest BCUT2D eigenvalue weighted by Gasteiger charge is 2.26. The third-order valence-electron chi connectivity index (χ3n) is 6.59. The van der Waals surface area contributed by atoms with E-state index in [-0.39, 0.29) is 11.6 Å². The van der Waals surface area contributed by atoms with Gasteiger partial charge in [-0.3, -0.25) is 9.69 Å². The molecule has 2 heterocycles. The maximum Gasteiger partial charge on any atom is 0.252 e. The minimum absolute atomic E-state index is 0.0612. The van der Waals surface area contributed by atoms with E-state index in [1.807, 2.05) is 19.1 Å². The van der Waals surface area contributed by atoms with Crippen LogP contribution in [0.5, 0.6) is 0 Å². The lowest BCUT2D eigenvalue weighted by Gasteiger charge is -2.30. The van der Waals surface area contributed by atoms with Crippen molar-refractivity contribution in [3.05, 3.63) is 86.5 Å². The van der Waals surface area contributed by atoms with Crippen molar-refractivity contribution in [2.24, 2.45) is 0 Å². The Morgan fingerprint density at radius 3 is 2.51 bits per heavy atom. The number of methoxy groups -OCH3 is 1. The molecule has 8 heteroatoms. The average molecular weight is 475 g/mol. The lowest BCUT2D eigenvalue weighted by molar-refractivity contribution is 0.151. The van der Waals surface area contributed by atoms with Gasteiger partial charge in [0.2, 0.25) is 0 Å². The van der Waals surface area contributed by atoms with Crippen molar-refractivity contribution in [2.75, 3.05) is 13.7 Å². The Kier molecular flexibility index (Phi) is 7.73. The fourth-order valence-electron chi connectivity index (χ4n) is 4.55. The van der Waals surface area contributed by atoms with Crippen LogP contribution < -0.4 is 5.56 Å². The second kappa shape index (κ2) is 10.9. The monoisotopic (exact) mass is 474 g/mol. The number of aromatic amines is 1. The van der Waals surface area contributed by atoms with E-state index in [4.69, 9.17) is 4.74 Å². The molecule has 1 atom stereocenters. The molecule has 0 fully saturated rings. The summed E-state index contributed by atoms with van der Waals surface area (Å²) < 4.78 is 7.05. The summed E-state index contributed by atoms with van der Waals surface area (Å²) in [4.78, 5) is 18.6. The van der Waals surface area contributed by atoms with Gasteiger partial charge in [-0.05, 0) is 60.4 Å². The molecule has 1 N–H and O–H groups in total. The zero-order chi connectivity index (χ0) is 24.9. The number of benzene rings is 2. The second-order valence-corrected chi connectivity index (χ2v) is 9.18. The smallest absolute Gasteiger partial charge is 0.252 e. The second-order valence-electron chi connectivity index (χ2n) is 9.18.